The fourth-order valence-electron chi connectivity index (χ4n) is 2.41. The van der Waals surface area contributed by atoms with E-state index < -0.39 is 0 Å². The van der Waals surface area contributed by atoms with Crippen molar-refractivity contribution in [3.05, 3.63) is 35.6 Å². The number of halogens is 1. The Balaban J connectivity index is 0.000000295. The van der Waals surface area contributed by atoms with Crippen LogP contribution in [-0.2, 0) is 9.53 Å². The molecule has 4 nitrogen and oxygen atoms in total. The van der Waals surface area contributed by atoms with Crippen LogP contribution in [0.1, 0.15) is 38.7 Å². The first kappa shape index (κ1) is 18.6. The molecule has 1 aliphatic rings. The first-order chi connectivity index (χ1) is 10.4. The molecule has 0 bridgehead atoms. The number of aliphatic hydroxyl groups excluding tert-OH is 1. The van der Waals surface area contributed by atoms with Crippen LogP contribution in [0.15, 0.2) is 24.3 Å². The zero-order valence-electron chi connectivity index (χ0n) is 13.5. The maximum Gasteiger partial charge on any atom is 0.293 e. The minimum absolute atomic E-state index is 0.190. The number of ether oxygens (including phenoxy) is 1. The molecule has 0 spiro atoms. The quantitative estimate of drug-likeness (QED) is 0.842. The van der Waals surface area contributed by atoms with Gasteiger partial charge in [0.1, 0.15) is 11.4 Å². The van der Waals surface area contributed by atoms with E-state index in [4.69, 9.17) is 0 Å². The van der Waals surface area contributed by atoms with Gasteiger partial charge in [-0.2, -0.15) is 0 Å². The maximum atomic E-state index is 12.8. The lowest BCUT2D eigenvalue weighted by molar-refractivity contribution is -0.138. The molecule has 124 valence electrons. The van der Waals surface area contributed by atoms with E-state index in [-0.39, 0.29) is 23.9 Å². The smallest absolute Gasteiger partial charge is 0.293 e. The lowest BCUT2D eigenvalue weighted by atomic mass is 9.82. The minimum Gasteiger partial charge on any atom is -0.462 e. The van der Waals surface area contributed by atoms with E-state index in [1.54, 1.807) is 0 Å². The summed E-state index contributed by atoms with van der Waals surface area (Å²) in [5, 5.41) is 12.5. The van der Waals surface area contributed by atoms with Crippen LogP contribution in [0.2, 0.25) is 0 Å². The number of hydrogen-bond acceptors (Lipinski definition) is 4. The Morgan fingerprint density at radius 3 is 2.45 bits per heavy atom. The molecule has 0 aromatic heterocycles. The number of benzene rings is 1. The second-order valence-electron chi connectivity index (χ2n) is 6.42. The first-order valence-corrected chi connectivity index (χ1v) is 7.56. The monoisotopic (exact) mass is 311 g/mol. The van der Waals surface area contributed by atoms with Crippen LogP contribution in [0.3, 0.4) is 0 Å². The van der Waals surface area contributed by atoms with E-state index in [9.17, 15) is 14.3 Å². The Morgan fingerprint density at radius 1 is 1.36 bits per heavy atom. The lowest BCUT2D eigenvalue weighted by Gasteiger charge is -2.31. The summed E-state index contributed by atoms with van der Waals surface area (Å²) < 4.78 is 17.3. The average molecular weight is 311 g/mol. The van der Waals surface area contributed by atoms with Crippen molar-refractivity contribution in [1.82, 2.24) is 5.32 Å². The summed E-state index contributed by atoms with van der Waals surface area (Å²) in [4.78, 5) is 9.60. The maximum absolute atomic E-state index is 12.8. The normalized spacial score (nSPS) is 21.5. The van der Waals surface area contributed by atoms with E-state index >= 15 is 0 Å². The fraction of sp³-hybridized carbons (Fsp3) is 0.588. The van der Waals surface area contributed by atoms with Crippen molar-refractivity contribution in [3.63, 3.8) is 0 Å². The van der Waals surface area contributed by atoms with Crippen LogP contribution in [0.4, 0.5) is 4.39 Å². The van der Waals surface area contributed by atoms with Crippen molar-refractivity contribution < 1.29 is 19.0 Å². The number of rotatable bonds is 3. The number of carbonyl (C=O) groups excluding carboxylic acids is 1. The standard InChI is InChI=1S/C12H16FNO.C5H10O2/c13-11-3-1-9(2-4-11)12-5-6-14-7-10(12)8-15;1-5(2,3)7-4-6/h1-4,10,12,14-15H,5-8H2;4H,1-3H3. The summed E-state index contributed by atoms with van der Waals surface area (Å²) in [7, 11) is 0. The Hall–Kier alpha value is -1.46. The molecule has 2 unspecified atom stereocenters. The van der Waals surface area contributed by atoms with Gasteiger partial charge in [-0.25, -0.2) is 4.39 Å². The third kappa shape index (κ3) is 6.54. The molecule has 1 fully saturated rings. The Kier molecular flexibility index (Phi) is 7.48. The van der Waals surface area contributed by atoms with Crippen LogP contribution in [0, 0.1) is 11.7 Å². The van der Waals surface area contributed by atoms with Gasteiger partial charge in [0.25, 0.3) is 6.47 Å². The van der Waals surface area contributed by atoms with Crippen LogP contribution in [0.5, 0.6) is 0 Å². The van der Waals surface area contributed by atoms with Gasteiger partial charge in [-0.05, 0) is 57.4 Å². The average Bonchev–Trinajstić information content (AvgIpc) is 2.47. The molecule has 1 saturated heterocycles. The van der Waals surface area contributed by atoms with Crippen LogP contribution in [-0.4, -0.2) is 36.9 Å². The molecule has 1 aromatic rings. The zero-order valence-corrected chi connectivity index (χ0v) is 13.5. The summed E-state index contributed by atoms with van der Waals surface area (Å²) in [5.41, 5.74) is 0.818. The van der Waals surface area contributed by atoms with Gasteiger partial charge in [0.05, 0.1) is 0 Å². The van der Waals surface area contributed by atoms with E-state index in [2.05, 4.69) is 10.1 Å². The number of hydrogen-bond donors (Lipinski definition) is 2. The number of nitrogens with one attached hydrogen (secondary N) is 1. The van der Waals surface area contributed by atoms with Gasteiger partial charge < -0.3 is 15.2 Å². The highest BCUT2D eigenvalue weighted by atomic mass is 19.1. The minimum atomic E-state index is -0.318. The number of carbonyl (C=O) groups is 1. The van der Waals surface area contributed by atoms with Gasteiger partial charge >= 0.3 is 0 Å². The molecule has 2 atom stereocenters. The van der Waals surface area contributed by atoms with Gasteiger partial charge in [-0.15, -0.1) is 0 Å². The molecular formula is C17H26FNO3. The number of piperidine rings is 1. The van der Waals surface area contributed by atoms with Crippen molar-refractivity contribution in [3.8, 4) is 0 Å². The summed E-state index contributed by atoms with van der Waals surface area (Å²) in [6.07, 6.45) is 1.01. The molecule has 1 aromatic carbocycles. The summed E-state index contributed by atoms with van der Waals surface area (Å²) in [6, 6.07) is 6.64. The van der Waals surface area contributed by atoms with Crippen molar-refractivity contribution in [2.75, 3.05) is 19.7 Å². The first-order valence-electron chi connectivity index (χ1n) is 7.56. The molecule has 0 amide bonds. The third-order valence-corrected chi connectivity index (χ3v) is 3.54. The third-order valence-electron chi connectivity index (χ3n) is 3.54. The van der Waals surface area contributed by atoms with Crippen molar-refractivity contribution in [2.45, 2.75) is 38.7 Å². The molecule has 5 heteroatoms. The highest BCUT2D eigenvalue weighted by Crippen LogP contribution is 2.29. The summed E-state index contributed by atoms with van der Waals surface area (Å²) in [6.45, 7) is 7.93. The molecule has 0 saturated carbocycles. The highest BCUT2D eigenvalue weighted by Gasteiger charge is 2.25. The molecule has 1 heterocycles. The van der Waals surface area contributed by atoms with Gasteiger partial charge in [-0.3, -0.25) is 4.79 Å². The SMILES string of the molecule is CC(C)(C)OC=O.OCC1CNCCC1c1ccc(F)cc1. The van der Waals surface area contributed by atoms with Crippen molar-refractivity contribution in [1.29, 1.82) is 0 Å². The summed E-state index contributed by atoms with van der Waals surface area (Å²) >= 11 is 0. The van der Waals surface area contributed by atoms with Crippen molar-refractivity contribution >= 4 is 6.47 Å². The largest absolute Gasteiger partial charge is 0.462 e. The molecule has 22 heavy (non-hydrogen) atoms. The van der Waals surface area contributed by atoms with Gasteiger partial charge in [0, 0.05) is 19.1 Å². The second kappa shape index (κ2) is 8.86. The topological polar surface area (TPSA) is 58.6 Å². The van der Waals surface area contributed by atoms with E-state index in [0.29, 0.717) is 12.4 Å². The highest BCUT2D eigenvalue weighted by molar-refractivity contribution is 5.37. The Labute approximate surface area is 131 Å². The van der Waals surface area contributed by atoms with Crippen LogP contribution < -0.4 is 5.32 Å². The Morgan fingerprint density at radius 2 is 2.00 bits per heavy atom. The van der Waals surface area contributed by atoms with E-state index in [0.717, 1.165) is 25.1 Å². The van der Waals surface area contributed by atoms with Gasteiger partial charge in [-0.1, -0.05) is 12.1 Å². The van der Waals surface area contributed by atoms with Crippen LogP contribution in [0.25, 0.3) is 0 Å². The summed E-state index contributed by atoms with van der Waals surface area (Å²) in [5.74, 6) is 0.411. The number of aliphatic hydroxyl groups is 1. The Bertz CT molecular complexity index is 442. The molecule has 0 aliphatic carbocycles. The van der Waals surface area contributed by atoms with Gasteiger partial charge in [0.2, 0.25) is 0 Å². The predicted octanol–water partition coefficient (Wildman–Crippen LogP) is 2.47. The second-order valence-corrected chi connectivity index (χ2v) is 6.42. The predicted molar refractivity (Wildman–Crippen MR) is 84.1 cm³/mol. The van der Waals surface area contributed by atoms with Crippen LogP contribution >= 0.6 is 0 Å². The molecule has 2 N–H and O–H groups in total. The molecule has 1 aliphatic heterocycles. The molecule has 2 rings (SSSR count). The van der Waals surface area contributed by atoms with Gasteiger partial charge in [0.15, 0.2) is 0 Å². The fourth-order valence-corrected chi connectivity index (χ4v) is 2.41. The molecular weight excluding hydrogens is 285 g/mol. The van der Waals surface area contributed by atoms with E-state index in [1.165, 1.54) is 12.1 Å². The molecule has 0 radical (unpaired) electrons. The lowest BCUT2D eigenvalue weighted by Crippen LogP contribution is -2.37. The zero-order chi connectivity index (χ0) is 16.6. The van der Waals surface area contributed by atoms with E-state index in [1.807, 2.05) is 32.9 Å². The van der Waals surface area contributed by atoms with Crippen molar-refractivity contribution in [2.24, 2.45) is 5.92 Å².